The van der Waals surface area contributed by atoms with Gasteiger partial charge in [0.1, 0.15) is 0 Å². The molecule has 0 atom stereocenters. The number of amides is 1. The Morgan fingerprint density at radius 2 is 2.00 bits per heavy atom. The molecule has 23 heavy (non-hydrogen) atoms. The molecule has 6 heteroatoms. The van der Waals surface area contributed by atoms with Crippen molar-refractivity contribution < 1.29 is 9.53 Å². The maximum Gasteiger partial charge on any atom is 0.228 e. The molecular weight excluding hydrogens is 292 g/mol. The molecule has 2 heterocycles. The van der Waals surface area contributed by atoms with E-state index in [0.29, 0.717) is 18.4 Å². The van der Waals surface area contributed by atoms with Gasteiger partial charge >= 0.3 is 0 Å². The molecule has 0 radical (unpaired) electrons. The van der Waals surface area contributed by atoms with Crippen molar-refractivity contribution in [1.82, 2.24) is 15.3 Å². The molecule has 0 unspecified atom stereocenters. The minimum absolute atomic E-state index is 0.0710. The molecule has 128 valence electrons. The average Bonchev–Trinajstić information content (AvgIpc) is 2.45. The summed E-state index contributed by atoms with van der Waals surface area (Å²) in [6.07, 6.45) is 1.65. The molecule has 1 saturated heterocycles. The smallest absolute Gasteiger partial charge is 0.228 e. The van der Waals surface area contributed by atoms with Crippen LogP contribution in [0.4, 0.5) is 5.95 Å². The predicted molar refractivity (Wildman–Crippen MR) is 90.8 cm³/mol. The zero-order valence-electron chi connectivity index (χ0n) is 14.8. The van der Waals surface area contributed by atoms with E-state index in [1.54, 1.807) is 0 Å². The first kappa shape index (κ1) is 17.5. The monoisotopic (exact) mass is 320 g/mol. The number of hydrogen-bond acceptors (Lipinski definition) is 5. The number of carbonyl (C=O) groups is 1. The fourth-order valence-corrected chi connectivity index (χ4v) is 2.70. The Kier molecular flexibility index (Phi) is 5.44. The van der Waals surface area contributed by atoms with Gasteiger partial charge in [-0.2, -0.15) is 4.98 Å². The normalized spacial score (nSPS) is 16.3. The highest BCUT2D eigenvalue weighted by molar-refractivity contribution is 5.79. The van der Waals surface area contributed by atoms with Gasteiger partial charge in [-0.05, 0) is 47.5 Å². The Morgan fingerprint density at radius 1 is 1.35 bits per heavy atom. The van der Waals surface area contributed by atoms with Crippen LogP contribution in [0.2, 0.25) is 0 Å². The van der Waals surface area contributed by atoms with Crippen LogP contribution in [0.25, 0.3) is 0 Å². The Labute approximate surface area is 138 Å². The molecule has 0 saturated carbocycles. The van der Waals surface area contributed by atoms with Crippen LogP contribution in [0.1, 0.15) is 46.2 Å². The number of nitrogens with zero attached hydrogens (tertiary/aromatic N) is 3. The summed E-state index contributed by atoms with van der Waals surface area (Å²) in [4.78, 5) is 23.4. The minimum Gasteiger partial charge on any atom is -0.478 e. The van der Waals surface area contributed by atoms with Gasteiger partial charge in [0.15, 0.2) is 0 Å². The van der Waals surface area contributed by atoms with E-state index in [9.17, 15) is 4.79 Å². The van der Waals surface area contributed by atoms with Crippen LogP contribution >= 0.6 is 0 Å². The highest BCUT2D eigenvalue weighted by atomic mass is 16.5. The summed E-state index contributed by atoms with van der Waals surface area (Å²) < 4.78 is 5.49. The molecular formula is C17H28N4O2. The summed E-state index contributed by atoms with van der Waals surface area (Å²) in [5.74, 6) is 1.53. The highest BCUT2D eigenvalue weighted by Crippen LogP contribution is 2.23. The fraction of sp³-hybridized carbons (Fsp3) is 0.706. The fourth-order valence-electron chi connectivity index (χ4n) is 2.70. The third-order valence-electron chi connectivity index (χ3n) is 3.76. The van der Waals surface area contributed by atoms with Crippen molar-refractivity contribution in [3.8, 4) is 5.88 Å². The first-order valence-electron chi connectivity index (χ1n) is 8.34. The van der Waals surface area contributed by atoms with E-state index in [2.05, 4.69) is 20.2 Å². The van der Waals surface area contributed by atoms with Crippen LogP contribution in [0, 0.1) is 12.8 Å². The maximum atomic E-state index is 12.3. The van der Waals surface area contributed by atoms with Crippen molar-refractivity contribution in [3.63, 3.8) is 0 Å². The molecule has 1 aliphatic rings. The van der Waals surface area contributed by atoms with E-state index < -0.39 is 0 Å². The molecule has 0 bridgehead atoms. The number of piperidine rings is 1. The minimum atomic E-state index is -0.180. The lowest BCUT2D eigenvalue weighted by atomic mass is 9.94. The second-order valence-electron chi connectivity index (χ2n) is 7.08. The number of carbonyl (C=O) groups excluding carboxylic acids is 1. The van der Waals surface area contributed by atoms with Gasteiger partial charge in [-0.1, -0.05) is 0 Å². The number of nitrogens with one attached hydrogen (secondary N) is 1. The number of aromatic nitrogens is 2. The molecule has 1 aromatic heterocycles. The molecule has 0 aromatic carbocycles. The van der Waals surface area contributed by atoms with Crippen molar-refractivity contribution in [1.29, 1.82) is 0 Å². The van der Waals surface area contributed by atoms with Crippen LogP contribution < -0.4 is 15.0 Å². The maximum absolute atomic E-state index is 12.3. The van der Waals surface area contributed by atoms with Gasteiger partial charge in [-0.15, -0.1) is 0 Å². The van der Waals surface area contributed by atoms with Gasteiger partial charge in [-0.3, -0.25) is 4.79 Å². The molecule has 0 aliphatic carbocycles. The molecule has 1 aliphatic heterocycles. The van der Waals surface area contributed by atoms with E-state index >= 15 is 0 Å². The molecule has 1 amide bonds. The summed E-state index contributed by atoms with van der Waals surface area (Å²) in [5, 5.41) is 3.07. The lowest BCUT2D eigenvalue weighted by Crippen LogP contribution is -2.47. The predicted octanol–water partition coefficient (Wildman–Crippen LogP) is 2.31. The number of hydrogen-bond donors (Lipinski definition) is 1. The third kappa shape index (κ3) is 5.08. The summed E-state index contributed by atoms with van der Waals surface area (Å²) in [6.45, 7) is 12.1. The quantitative estimate of drug-likeness (QED) is 0.922. The molecule has 6 nitrogen and oxygen atoms in total. The number of aryl methyl sites for hydroxylation is 1. The van der Waals surface area contributed by atoms with Gasteiger partial charge in [-0.25, -0.2) is 4.98 Å². The van der Waals surface area contributed by atoms with Crippen molar-refractivity contribution in [2.24, 2.45) is 5.92 Å². The summed E-state index contributed by atoms with van der Waals surface area (Å²) in [5.41, 5.74) is 0.714. The SMILES string of the molecule is CCOc1cc(C)nc(N2CCC(C(=O)NC(C)(C)C)CC2)n1. The third-order valence-corrected chi connectivity index (χ3v) is 3.76. The van der Waals surface area contributed by atoms with E-state index in [-0.39, 0.29) is 17.4 Å². The van der Waals surface area contributed by atoms with E-state index in [0.717, 1.165) is 31.6 Å². The van der Waals surface area contributed by atoms with E-state index in [1.807, 2.05) is 40.7 Å². The lowest BCUT2D eigenvalue weighted by Gasteiger charge is -2.33. The average molecular weight is 320 g/mol. The summed E-state index contributed by atoms with van der Waals surface area (Å²) in [7, 11) is 0. The van der Waals surface area contributed by atoms with Crippen molar-refractivity contribution >= 4 is 11.9 Å². The Morgan fingerprint density at radius 3 is 2.57 bits per heavy atom. The summed E-state index contributed by atoms with van der Waals surface area (Å²) >= 11 is 0. The standard InChI is InChI=1S/C17H28N4O2/c1-6-23-14-11-12(2)18-16(19-14)21-9-7-13(8-10-21)15(22)20-17(3,4)5/h11,13H,6-10H2,1-5H3,(H,20,22). The number of anilines is 1. The van der Waals surface area contributed by atoms with Gasteiger partial charge < -0.3 is 15.0 Å². The molecule has 2 rings (SSSR count). The molecule has 0 spiro atoms. The van der Waals surface area contributed by atoms with Crippen LogP contribution in [-0.4, -0.2) is 41.1 Å². The van der Waals surface area contributed by atoms with Crippen LogP contribution in [0.3, 0.4) is 0 Å². The van der Waals surface area contributed by atoms with Crippen LogP contribution in [0.5, 0.6) is 5.88 Å². The Hall–Kier alpha value is -1.85. The highest BCUT2D eigenvalue weighted by Gasteiger charge is 2.28. The summed E-state index contributed by atoms with van der Waals surface area (Å²) in [6, 6.07) is 1.84. The van der Waals surface area contributed by atoms with Gasteiger partial charge in [0.25, 0.3) is 0 Å². The molecule has 1 aromatic rings. The second-order valence-corrected chi connectivity index (χ2v) is 7.08. The first-order valence-corrected chi connectivity index (χ1v) is 8.34. The first-order chi connectivity index (χ1) is 10.8. The van der Waals surface area contributed by atoms with Gasteiger partial charge in [0, 0.05) is 36.3 Å². The van der Waals surface area contributed by atoms with Gasteiger partial charge in [0.05, 0.1) is 6.61 Å². The topological polar surface area (TPSA) is 67.3 Å². The van der Waals surface area contributed by atoms with Crippen LogP contribution in [-0.2, 0) is 4.79 Å². The van der Waals surface area contributed by atoms with E-state index in [4.69, 9.17) is 4.74 Å². The zero-order chi connectivity index (χ0) is 17.0. The van der Waals surface area contributed by atoms with Crippen molar-refractivity contribution in [2.75, 3.05) is 24.6 Å². The lowest BCUT2D eigenvalue weighted by molar-refractivity contribution is -0.127. The van der Waals surface area contributed by atoms with Crippen LogP contribution in [0.15, 0.2) is 6.07 Å². The molecule has 1 N–H and O–H groups in total. The largest absolute Gasteiger partial charge is 0.478 e. The van der Waals surface area contributed by atoms with E-state index in [1.165, 1.54) is 0 Å². The second kappa shape index (κ2) is 7.15. The number of ether oxygens (including phenoxy) is 1. The van der Waals surface area contributed by atoms with Crippen molar-refractivity contribution in [3.05, 3.63) is 11.8 Å². The Bertz CT molecular complexity index is 546. The van der Waals surface area contributed by atoms with Gasteiger partial charge in [0.2, 0.25) is 17.7 Å². The molecule has 1 fully saturated rings. The Balaban J connectivity index is 1.98. The number of rotatable bonds is 4. The van der Waals surface area contributed by atoms with Crippen molar-refractivity contribution in [2.45, 2.75) is 53.0 Å². The zero-order valence-corrected chi connectivity index (χ0v) is 14.8.